The minimum Gasteiger partial charge on any atom is -0.309 e. The summed E-state index contributed by atoms with van der Waals surface area (Å²) >= 11 is 0. The number of halogens is 1. The molecule has 0 N–H and O–H groups in total. The predicted molar refractivity (Wildman–Crippen MR) is 48.6 cm³/mol. The molecule has 0 aromatic carbocycles. The van der Waals surface area contributed by atoms with E-state index >= 15 is 0 Å². The molecule has 1 fully saturated rings. The second-order valence-electron chi connectivity index (χ2n) is 3.95. The highest BCUT2D eigenvalue weighted by molar-refractivity contribution is 4.68. The molecule has 3 heteroatoms. The molecule has 2 nitrogen and oxygen atoms in total. The predicted octanol–water partition coefficient (Wildman–Crippen LogP) is 1.53. The summed E-state index contributed by atoms with van der Waals surface area (Å²) in [6.45, 7) is 2.41. The SMILES string of the molecule is CN(C)CCC1CCN(F)CC1. The maximum absolute atomic E-state index is 12.6. The Morgan fingerprint density at radius 1 is 1.33 bits per heavy atom. The van der Waals surface area contributed by atoms with Crippen LogP contribution in [0.3, 0.4) is 0 Å². The minimum atomic E-state index is 0.637. The second-order valence-corrected chi connectivity index (χ2v) is 3.95. The summed E-state index contributed by atoms with van der Waals surface area (Å²) in [5, 5.41) is 0.937. The first kappa shape index (κ1) is 9.93. The van der Waals surface area contributed by atoms with Crippen molar-refractivity contribution in [3.63, 3.8) is 0 Å². The molecule has 0 spiro atoms. The van der Waals surface area contributed by atoms with Crippen LogP contribution in [-0.2, 0) is 0 Å². The molecule has 1 heterocycles. The van der Waals surface area contributed by atoms with Crippen molar-refractivity contribution in [1.82, 2.24) is 10.0 Å². The van der Waals surface area contributed by atoms with E-state index in [1.54, 1.807) is 0 Å². The Hall–Kier alpha value is -0.150. The van der Waals surface area contributed by atoms with Gasteiger partial charge in [-0.2, -0.15) is 0 Å². The van der Waals surface area contributed by atoms with E-state index in [0.717, 1.165) is 30.4 Å². The summed E-state index contributed by atoms with van der Waals surface area (Å²) in [4.78, 5) is 2.20. The van der Waals surface area contributed by atoms with Gasteiger partial charge in [0.2, 0.25) is 0 Å². The van der Waals surface area contributed by atoms with Crippen LogP contribution in [0, 0.1) is 5.92 Å². The van der Waals surface area contributed by atoms with Gasteiger partial charge in [-0.1, -0.05) is 0 Å². The van der Waals surface area contributed by atoms with E-state index in [0.29, 0.717) is 13.1 Å². The fourth-order valence-electron chi connectivity index (χ4n) is 1.63. The molecule has 1 rings (SSSR count). The summed E-state index contributed by atoms with van der Waals surface area (Å²) in [6.07, 6.45) is 3.29. The fraction of sp³-hybridized carbons (Fsp3) is 1.00. The quantitative estimate of drug-likeness (QED) is 0.599. The summed E-state index contributed by atoms with van der Waals surface area (Å²) in [5.74, 6) is 0.749. The van der Waals surface area contributed by atoms with Crippen LogP contribution in [0.25, 0.3) is 0 Å². The summed E-state index contributed by atoms with van der Waals surface area (Å²) in [5.41, 5.74) is 0. The molecule has 0 radical (unpaired) electrons. The highest BCUT2D eigenvalue weighted by atomic mass is 19.2. The van der Waals surface area contributed by atoms with Crippen molar-refractivity contribution >= 4 is 0 Å². The average Bonchev–Trinajstić information content (AvgIpc) is 2.03. The Kier molecular flexibility index (Phi) is 3.95. The van der Waals surface area contributed by atoms with Crippen molar-refractivity contribution in [2.24, 2.45) is 5.92 Å². The lowest BCUT2D eigenvalue weighted by Crippen LogP contribution is -2.29. The van der Waals surface area contributed by atoms with Gasteiger partial charge in [0.15, 0.2) is 0 Å². The van der Waals surface area contributed by atoms with Gasteiger partial charge < -0.3 is 4.90 Å². The van der Waals surface area contributed by atoms with Gasteiger partial charge in [0.25, 0.3) is 0 Å². The molecule has 1 aliphatic rings. The fourth-order valence-corrected chi connectivity index (χ4v) is 1.63. The minimum absolute atomic E-state index is 0.637. The molecule has 0 bridgehead atoms. The second kappa shape index (κ2) is 4.77. The zero-order valence-electron chi connectivity index (χ0n) is 8.09. The number of hydrogen-bond donors (Lipinski definition) is 0. The normalized spacial score (nSPS) is 22.0. The number of hydrogen-bond acceptors (Lipinski definition) is 2. The molecule has 1 saturated heterocycles. The highest BCUT2D eigenvalue weighted by Crippen LogP contribution is 2.20. The van der Waals surface area contributed by atoms with Gasteiger partial charge in [-0.05, 0) is 45.8 Å². The molecule has 0 atom stereocenters. The Morgan fingerprint density at radius 3 is 2.42 bits per heavy atom. The molecule has 0 aromatic heterocycles. The van der Waals surface area contributed by atoms with Gasteiger partial charge in [-0.15, -0.1) is 9.60 Å². The van der Waals surface area contributed by atoms with Gasteiger partial charge in [-0.25, -0.2) is 0 Å². The van der Waals surface area contributed by atoms with Crippen molar-refractivity contribution in [3.8, 4) is 0 Å². The zero-order chi connectivity index (χ0) is 8.97. The van der Waals surface area contributed by atoms with Gasteiger partial charge in [0.1, 0.15) is 0 Å². The molecule has 1 aliphatic heterocycles. The van der Waals surface area contributed by atoms with E-state index in [2.05, 4.69) is 19.0 Å². The van der Waals surface area contributed by atoms with Crippen molar-refractivity contribution in [2.45, 2.75) is 19.3 Å². The topological polar surface area (TPSA) is 6.48 Å². The first-order valence-corrected chi connectivity index (χ1v) is 4.74. The summed E-state index contributed by atoms with van der Waals surface area (Å²) in [6, 6.07) is 0. The lowest BCUT2D eigenvalue weighted by atomic mass is 9.94. The first-order chi connectivity index (χ1) is 5.68. The molecular weight excluding hydrogens is 155 g/mol. The van der Waals surface area contributed by atoms with Crippen LogP contribution in [-0.4, -0.2) is 43.8 Å². The number of piperidine rings is 1. The smallest absolute Gasteiger partial charge is 0.0293 e. The van der Waals surface area contributed by atoms with Gasteiger partial charge in [0.05, 0.1) is 0 Å². The van der Waals surface area contributed by atoms with E-state index in [4.69, 9.17) is 0 Å². The molecule has 72 valence electrons. The molecule has 0 saturated carbocycles. The van der Waals surface area contributed by atoms with Crippen molar-refractivity contribution in [2.75, 3.05) is 33.7 Å². The van der Waals surface area contributed by atoms with Crippen molar-refractivity contribution in [3.05, 3.63) is 0 Å². The third-order valence-electron chi connectivity index (χ3n) is 2.54. The third kappa shape index (κ3) is 3.50. The maximum atomic E-state index is 12.6. The van der Waals surface area contributed by atoms with Gasteiger partial charge in [-0.3, -0.25) is 0 Å². The van der Waals surface area contributed by atoms with E-state index in [1.165, 1.54) is 6.42 Å². The first-order valence-electron chi connectivity index (χ1n) is 4.74. The highest BCUT2D eigenvalue weighted by Gasteiger charge is 2.18. The molecule has 0 aromatic rings. The van der Waals surface area contributed by atoms with E-state index < -0.39 is 0 Å². The monoisotopic (exact) mass is 174 g/mol. The van der Waals surface area contributed by atoms with Gasteiger partial charge in [0, 0.05) is 13.1 Å². The summed E-state index contributed by atoms with van der Waals surface area (Å²) < 4.78 is 12.6. The van der Waals surface area contributed by atoms with E-state index in [1.807, 2.05) is 0 Å². The van der Waals surface area contributed by atoms with Crippen LogP contribution < -0.4 is 0 Å². The summed E-state index contributed by atoms with van der Waals surface area (Å²) in [7, 11) is 4.18. The van der Waals surface area contributed by atoms with E-state index in [9.17, 15) is 4.48 Å². The lowest BCUT2D eigenvalue weighted by Gasteiger charge is -2.26. The lowest BCUT2D eigenvalue weighted by molar-refractivity contribution is -0.0104. The van der Waals surface area contributed by atoms with Crippen LogP contribution in [0.2, 0.25) is 0 Å². The molecule has 0 aliphatic carbocycles. The Bertz CT molecular complexity index is 120. The van der Waals surface area contributed by atoms with Crippen LogP contribution in [0.5, 0.6) is 0 Å². The number of nitrogens with zero attached hydrogens (tertiary/aromatic N) is 2. The zero-order valence-corrected chi connectivity index (χ0v) is 8.09. The van der Waals surface area contributed by atoms with Crippen LogP contribution in [0.15, 0.2) is 0 Å². The van der Waals surface area contributed by atoms with Crippen molar-refractivity contribution < 1.29 is 4.48 Å². The molecule has 12 heavy (non-hydrogen) atoms. The van der Waals surface area contributed by atoms with Gasteiger partial charge >= 0.3 is 0 Å². The molecule has 0 unspecified atom stereocenters. The Morgan fingerprint density at radius 2 is 1.92 bits per heavy atom. The average molecular weight is 174 g/mol. The van der Waals surface area contributed by atoms with Crippen LogP contribution in [0.4, 0.5) is 4.48 Å². The standard InChI is InChI=1S/C9H19FN2/c1-11(2)6-3-9-4-7-12(10)8-5-9/h9H,3-8H2,1-2H3. The Balaban J connectivity index is 2.09. The van der Waals surface area contributed by atoms with Crippen molar-refractivity contribution in [1.29, 1.82) is 0 Å². The number of rotatable bonds is 3. The maximum Gasteiger partial charge on any atom is 0.0293 e. The van der Waals surface area contributed by atoms with Crippen LogP contribution in [0.1, 0.15) is 19.3 Å². The largest absolute Gasteiger partial charge is 0.309 e. The third-order valence-corrected chi connectivity index (χ3v) is 2.54. The Labute approximate surface area is 74.3 Å². The van der Waals surface area contributed by atoms with Crippen LogP contribution >= 0.6 is 0 Å². The molecule has 0 amide bonds. The van der Waals surface area contributed by atoms with E-state index in [-0.39, 0.29) is 0 Å². The molecular formula is C9H19FN2.